The molecule has 0 aliphatic carbocycles. The van der Waals surface area contributed by atoms with Crippen LogP contribution in [0.2, 0.25) is 0 Å². The maximum atomic E-state index is 12.7. The molecule has 2 aromatic carbocycles. The first-order valence-corrected chi connectivity index (χ1v) is 8.85. The SMILES string of the molecule is COc1ccc(/C=C(\NC(=O)c2ccccc2)C(=O)NNc2ccccn2)cc1. The number of carbonyl (C=O) groups excluding carboxylic acids is 2. The number of aromatic nitrogens is 1. The predicted molar refractivity (Wildman–Crippen MR) is 111 cm³/mol. The number of hydrogen-bond donors (Lipinski definition) is 3. The zero-order chi connectivity index (χ0) is 20.5. The molecule has 0 fully saturated rings. The van der Waals surface area contributed by atoms with E-state index in [9.17, 15) is 9.59 Å². The van der Waals surface area contributed by atoms with Gasteiger partial charge in [0.1, 0.15) is 17.3 Å². The number of nitrogens with one attached hydrogen (secondary N) is 3. The average Bonchev–Trinajstić information content (AvgIpc) is 2.78. The van der Waals surface area contributed by atoms with Crippen molar-refractivity contribution >= 4 is 23.7 Å². The zero-order valence-electron chi connectivity index (χ0n) is 15.8. The van der Waals surface area contributed by atoms with Crippen LogP contribution in [0, 0.1) is 0 Å². The number of nitrogens with zero attached hydrogens (tertiary/aromatic N) is 1. The molecule has 0 saturated heterocycles. The molecule has 0 atom stereocenters. The van der Waals surface area contributed by atoms with Gasteiger partial charge in [0, 0.05) is 11.8 Å². The van der Waals surface area contributed by atoms with Gasteiger partial charge in [-0.15, -0.1) is 0 Å². The monoisotopic (exact) mass is 388 g/mol. The second-order valence-electron chi connectivity index (χ2n) is 5.95. The topological polar surface area (TPSA) is 92.3 Å². The molecule has 0 spiro atoms. The molecule has 3 aromatic rings. The van der Waals surface area contributed by atoms with Crippen molar-refractivity contribution in [2.24, 2.45) is 0 Å². The van der Waals surface area contributed by atoms with Crippen LogP contribution < -0.4 is 20.9 Å². The van der Waals surface area contributed by atoms with Crippen LogP contribution in [0.5, 0.6) is 5.75 Å². The number of hydrazine groups is 1. The summed E-state index contributed by atoms with van der Waals surface area (Å²) in [7, 11) is 1.58. The third kappa shape index (κ3) is 5.67. The molecular weight excluding hydrogens is 368 g/mol. The summed E-state index contributed by atoms with van der Waals surface area (Å²) in [6.45, 7) is 0. The van der Waals surface area contributed by atoms with Gasteiger partial charge < -0.3 is 10.1 Å². The summed E-state index contributed by atoms with van der Waals surface area (Å²) in [5, 5.41) is 2.66. The van der Waals surface area contributed by atoms with Gasteiger partial charge in [-0.2, -0.15) is 0 Å². The Hall–Kier alpha value is -4.13. The van der Waals surface area contributed by atoms with E-state index in [2.05, 4.69) is 21.2 Å². The van der Waals surface area contributed by atoms with Crippen molar-refractivity contribution in [3.05, 3.63) is 95.8 Å². The Balaban J connectivity index is 1.80. The minimum absolute atomic E-state index is 0.0763. The minimum atomic E-state index is -0.518. The number of anilines is 1. The summed E-state index contributed by atoms with van der Waals surface area (Å²) in [5.41, 5.74) is 6.50. The fourth-order valence-corrected chi connectivity index (χ4v) is 2.43. The number of carbonyl (C=O) groups is 2. The van der Waals surface area contributed by atoms with E-state index in [1.165, 1.54) is 0 Å². The number of pyridine rings is 1. The number of benzene rings is 2. The van der Waals surface area contributed by atoms with Crippen molar-refractivity contribution in [2.45, 2.75) is 0 Å². The van der Waals surface area contributed by atoms with Crippen molar-refractivity contribution < 1.29 is 14.3 Å². The smallest absolute Gasteiger partial charge is 0.286 e. The quantitative estimate of drug-likeness (QED) is 0.427. The van der Waals surface area contributed by atoms with E-state index >= 15 is 0 Å². The molecule has 0 aliphatic heterocycles. The van der Waals surface area contributed by atoms with Gasteiger partial charge >= 0.3 is 0 Å². The van der Waals surface area contributed by atoms with Crippen LogP contribution >= 0.6 is 0 Å². The van der Waals surface area contributed by atoms with E-state index < -0.39 is 11.8 Å². The Morgan fingerprint density at radius 3 is 2.31 bits per heavy atom. The van der Waals surface area contributed by atoms with E-state index in [4.69, 9.17) is 4.74 Å². The second kappa shape index (κ2) is 9.70. The highest BCUT2D eigenvalue weighted by atomic mass is 16.5. The van der Waals surface area contributed by atoms with Crippen molar-refractivity contribution in [3.63, 3.8) is 0 Å². The molecule has 1 aromatic heterocycles. The lowest BCUT2D eigenvalue weighted by atomic mass is 10.1. The first-order valence-electron chi connectivity index (χ1n) is 8.85. The second-order valence-corrected chi connectivity index (χ2v) is 5.95. The van der Waals surface area contributed by atoms with Crippen LogP contribution in [0.1, 0.15) is 15.9 Å². The molecule has 7 nitrogen and oxygen atoms in total. The summed E-state index contributed by atoms with van der Waals surface area (Å²) in [6.07, 6.45) is 3.18. The van der Waals surface area contributed by atoms with Crippen LogP contribution in [-0.4, -0.2) is 23.9 Å². The maximum Gasteiger partial charge on any atom is 0.286 e. The number of hydrogen-bond acceptors (Lipinski definition) is 5. The summed E-state index contributed by atoms with van der Waals surface area (Å²) in [6, 6.07) is 21.0. The molecule has 0 radical (unpaired) electrons. The van der Waals surface area contributed by atoms with Crippen LogP contribution in [0.15, 0.2) is 84.7 Å². The van der Waals surface area contributed by atoms with E-state index in [1.54, 1.807) is 86.1 Å². The summed E-state index contributed by atoms with van der Waals surface area (Å²) in [4.78, 5) is 29.3. The van der Waals surface area contributed by atoms with Gasteiger partial charge in [-0.3, -0.25) is 20.4 Å². The van der Waals surface area contributed by atoms with Crippen molar-refractivity contribution in [3.8, 4) is 5.75 Å². The molecule has 0 unspecified atom stereocenters. The first-order chi connectivity index (χ1) is 14.2. The maximum absolute atomic E-state index is 12.7. The molecule has 2 amide bonds. The lowest BCUT2D eigenvalue weighted by molar-refractivity contribution is -0.117. The largest absolute Gasteiger partial charge is 0.497 e. The lowest BCUT2D eigenvalue weighted by Gasteiger charge is -2.12. The van der Waals surface area contributed by atoms with Gasteiger partial charge in [0.25, 0.3) is 11.8 Å². The molecule has 7 heteroatoms. The van der Waals surface area contributed by atoms with E-state index in [1.807, 2.05) is 6.07 Å². The van der Waals surface area contributed by atoms with E-state index in [0.29, 0.717) is 17.1 Å². The Kier molecular flexibility index (Phi) is 6.57. The zero-order valence-corrected chi connectivity index (χ0v) is 15.8. The van der Waals surface area contributed by atoms with Crippen LogP contribution in [0.4, 0.5) is 5.82 Å². The number of rotatable bonds is 7. The van der Waals surface area contributed by atoms with Gasteiger partial charge in [0.2, 0.25) is 0 Å². The minimum Gasteiger partial charge on any atom is -0.497 e. The fraction of sp³-hybridized carbons (Fsp3) is 0.0455. The highest BCUT2D eigenvalue weighted by molar-refractivity contribution is 6.05. The van der Waals surface area contributed by atoms with Gasteiger partial charge in [-0.1, -0.05) is 36.4 Å². The summed E-state index contributed by atoms with van der Waals surface area (Å²) in [5.74, 6) is 0.256. The average molecular weight is 388 g/mol. The molecule has 3 N–H and O–H groups in total. The number of methoxy groups -OCH3 is 1. The van der Waals surface area contributed by atoms with E-state index in [0.717, 1.165) is 5.56 Å². The Morgan fingerprint density at radius 2 is 1.66 bits per heavy atom. The number of ether oxygens (including phenoxy) is 1. The summed E-state index contributed by atoms with van der Waals surface area (Å²) >= 11 is 0. The first kappa shape index (κ1) is 19.6. The van der Waals surface area contributed by atoms with Gasteiger partial charge in [0.05, 0.1) is 7.11 Å². The summed E-state index contributed by atoms with van der Waals surface area (Å²) < 4.78 is 5.14. The van der Waals surface area contributed by atoms with Gasteiger partial charge in [0.15, 0.2) is 0 Å². The van der Waals surface area contributed by atoms with Crippen LogP contribution in [0.25, 0.3) is 6.08 Å². The Bertz CT molecular complexity index is 988. The molecule has 0 saturated carbocycles. The van der Waals surface area contributed by atoms with E-state index in [-0.39, 0.29) is 5.70 Å². The third-order valence-corrected chi connectivity index (χ3v) is 3.92. The molecular formula is C22H20N4O3. The molecule has 1 heterocycles. The van der Waals surface area contributed by atoms with Gasteiger partial charge in [-0.05, 0) is 48.0 Å². The highest BCUT2D eigenvalue weighted by Gasteiger charge is 2.14. The fourth-order valence-electron chi connectivity index (χ4n) is 2.43. The van der Waals surface area contributed by atoms with Gasteiger partial charge in [-0.25, -0.2) is 4.98 Å². The molecule has 0 bridgehead atoms. The molecule has 29 heavy (non-hydrogen) atoms. The van der Waals surface area contributed by atoms with Crippen LogP contribution in [0.3, 0.4) is 0 Å². The highest BCUT2D eigenvalue weighted by Crippen LogP contribution is 2.14. The number of amides is 2. The molecule has 0 aliphatic rings. The third-order valence-electron chi connectivity index (χ3n) is 3.92. The molecule has 146 valence electrons. The normalized spacial score (nSPS) is 10.7. The van der Waals surface area contributed by atoms with Crippen molar-refractivity contribution in [1.29, 1.82) is 0 Å². The predicted octanol–water partition coefficient (Wildman–Crippen LogP) is 3.00. The Labute approximate surface area is 168 Å². The van der Waals surface area contributed by atoms with Crippen LogP contribution in [-0.2, 0) is 4.79 Å². The standard InChI is InChI=1S/C22H20N4O3/c1-29-18-12-10-16(11-13-18)15-19(24-21(27)17-7-3-2-4-8-17)22(28)26-25-20-9-5-6-14-23-20/h2-15H,1H3,(H,23,25)(H,24,27)(H,26,28)/b19-15-. The Morgan fingerprint density at radius 1 is 0.931 bits per heavy atom. The van der Waals surface area contributed by atoms with Crippen molar-refractivity contribution in [1.82, 2.24) is 15.7 Å². The van der Waals surface area contributed by atoms with Crippen molar-refractivity contribution in [2.75, 3.05) is 12.5 Å². The molecule has 3 rings (SSSR count). The lowest BCUT2D eigenvalue weighted by Crippen LogP contribution is -2.37.